The van der Waals surface area contributed by atoms with Crippen LogP contribution in [0.3, 0.4) is 0 Å². The number of nitrogens with two attached hydrogens (primary N) is 1. The van der Waals surface area contributed by atoms with Gasteiger partial charge in [0.05, 0.1) is 18.1 Å². The van der Waals surface area contributed by atoms with Gasteiger partial charge >= 0.3 is 0 Å². The zero-order valence-corrected chi connectivity index (χ0v) is 13.0. The predicted molar refractivity (Wildman–Crippen MR) is 79.9 cm³/mol. The first-order valence-corrected chi connectivity index (χ1v) is 8.53. The summed E-state index contributed by atoms with van der Waals surface area (Å²) in [7, 11) is -2.02. The molecule has 1 unspecified atom stereocenters. The van der Waals surface area contributed by atoms with Crippen molar-refractivity contribution in [3.8, 4) is 5.75 Å². The van der Waals surface area contributed by atoms with Crippen molar-refractivity contribution in [1.29, 1.82) is 0 Å². The number of benzene rings is 1. The van der Waals surface area contributed by atoms with Gasteiger partial charge in [0.1, 0.15) is 5.75 Å². The average Bonchev–Trinajstić information content (AvgIpc) is 2.99. The van der Waals surface area contributed by atoms with Crippen LogP contribution in [-0.2, 0) is 21.2 Å². The Morgan fingerprint density at radius 3 is 2.90 bits per heavy atom. The van der Waals surface area contributed by atoms with E-state index >= 15 is 0 Å². The molecule has 1 aromatic carbocycles. The molecule has 1 aromatic rings. The maximum atomic E-state index is 12.4. The molecule has 21 heavy (non-hydrogen) atoms. The minimum absolute atomic E-state index is 0.0315. The van der Waals surface area contributed by atoms with Gasteiger partial charge in [-0.1, -0.05) is 0 Å². The Bertz CT molecular complexity index is 568. The first-order valence-electron chi connectivity index (χ1n) is 7.05. The SMILES string of the molecule is COc1ccc(S(=O)(=O)NCC2CCCO2)c(CCN)c1. The number of rotatable bonds is 7. The molecule has 7 heteroatoms. The molecular weight excluding hydrogens is 292 g/mol. The van der Waals surface area contributed by atoms with Gasteiger partial charge in [0, 0.05) is 13.2 Å². The lowest BCUT2D eigenvalue weighted by Gasteiger charge is -2.14. The molecule has 0 aliphatic carbocycles. The summed E-state index contributed by atoms with van der Waals surface area (Å²) in [5.41, 5.74) is 6.23. The molecule has 1 saturated heterocycles. The van der Waals surface area contributed by atoms with Crippen LogP contribution in [-0.4, -0.2) is 41.3 Å². The van der Waals surface area contributed by atoms with Crippen molar-refractivity contribution in [3.05, 3.63) is 23.8 Å². The molecule has 0 amide bonds. The average molecular weight is 314 g/mol. The number of methoxy groups -OCH3 is 1. The summed E-state index contributed by atoms with van der Waals surface area (Å²) in [6.07, 6.45) is 2.32. The summed E-state index contributed by atoms with van der Waals surface area (Å²) in [5, 5.41) is 0. The van der Waals surface area contributed by atoms with E-state index in [0.717, 1.165) is 12.8 Å². The van der Waals surface area contributed by atoms with Gasteiger partial charge in [-0.05, 0) is 49.6 Å². The van der Waals surface area contributed by atoms with Crippen LogP contribution in [0.2, 0.25) is 0 Å². The standard InChI is InChI=1S/C14H22N2O4S/c1-19-12-4-5-14(11(9-12)6-7-15)21(17,18)16-10-13-3-2-8-20-13/h4-5,9,13,16H,2-3,6-8,10,15H2,1H3. The third-order valence-corrected chi connectivity index (χ3v) is 5.02. The largest absolute Gasteiger partial charge is 0.497 e. The van der Waals surface area contributed by atoms with Crippen molar-refractivity contribution in [2.24, 2.45) is 5.73 Å². The Hall–Kier alpha value is -1.15. The number of nitrogens with one attached hydrogen (secondary N) is 1. The van der Waals surface area contributed by atoms with E-state index in [0.29, 0.717) is 37.4 Å². The van der Waals surface area contributed by atoms with E-state index < -0.39 is 10.0 Å². The van der Waals surface area contributed by atoms with E-state index in [-0.39, 0.29) is 11.0 Å². The van der Waals surface area contributed by atoms with E-state index in [9.17, 15) is 8.42 Å². The van der Waals surface area contributed by atoms with Crippen molar-refractivity contribution < 1.29 is 17.9 Å². The highest BCUT2D eigenvalue weighted by molar-refractivity contribution is 7.89. The fraction of sp³-hybridized carbons (Fsp3) is 0.571. The Morgan fingerprint density at radius 2 is 2.29 bits per heavy atom. The van der Waals surface area contributed by atoms with Crippen LogP contribution in [0.15, 0.2) is 23.1 Å². The third-order valence-electron chi connectivity index (χ3n) is 3.50. The highest BCUT2D eigenvalue weighted by Crippen LogP contribution is 2.22. The van der Waals surface area contributed by atoms with Gasteiger partial charge in [-0.3, -0.25) is 0 Å². The van der Waals surface area contributed by atoms with Crippen LogP contribution >= 0.6 is 0 Å². The smallest absolute Gasteiger partial charge is 0.240 e. The second-order valence-corrected chi connectivity index (χ2v) is 6.73. The summed E-state index contributed by atoms with van der Waals surface area (Å²) in [4.78, 5) is 0.256. The normalized spacial score (nSPS) is 18.9. The Balaban J connectivity index is 2.17. The van der Waals surface area contributed by atoms with Crippen molar-refractivity contribution in [2.45, 2.75) is 30.3 Å². The quantitative estimate of drug-likeness (QED) is 0.771. The summed E-state index contributed by atoms with van der Waals surface area (Å²) in [6, 6.07) is 4.91. The van der Waals surface area contributed by atoms with Crippen LogP contribution in [0, 0.1) is 0 Å². The van der Waals surface area contributed by atoms with Crippen LogP contribution in [0.1, 0.15) is 18.4 Å². The maximum absolute atomic E-state index is 12.4. The topological polar surface area (TPSA) is 90.7 Å². The molecule has 0 aromatic heterocycles. The van der Waals surface area contributed by atoms with Crippen molar-refractivity contribution in [3.63, 3.8) is 0 Å². The molecule has 0 bridgehead atoms. The predicted octanol–water partition coefficient (Wildman–Crippen LogP) is 0.654. The molecule has 0 radical (unpaired) electrons. The summed E-state index contributed by atoms with van der Waals surface area (Å²) < 4.78 is 38.1. The monoisotopic (exact) mass is 314 g/mol. The molecule has 1 aliphatic rings. The Labute approximate surface area is 125 Å². The number of hydrogen-bond donors (Lipinski definition) is 2. The highest BCUT2D eigenvalue weighted by Gasteiger charge is 2.22. The molecule has 1 aliphatic heterocycles. The Kier molecular flexibility index (Phi) is 5.58. The molecule has 1 atom stereocenters. The van der Waals surface area contributed by atoms with Gasteiger partial charge in [0.15, 0.2) is 0 Å². The summed E-state index contributed by atoms with van der Waals surface area (Å²) in [6.45, 7) is 1.38. The molecule has 2 rings (SSSR count). The zero-order valence-electron chi connectivity index (χ0n) is 12.2. The molecular formula is C14H22N2O4S. The Morgan fingerprint density at radius 1 is 1.48 bits per heavy atom. The van der Waals surface area contributed by atoms with E-state index in [1.807, 2.05) is 0 Å². The van der Waals surface area contributed by atoms with E-state index in [4.69, 9.17) is 15.2 Å². The van der Waals surface area contributed by atoms with Gasteiger partial charge in [-0.15, -0.1) is 0 Å². The molecule has 1 fully saturated rings. The van der Waals surface area contributed by atoms with Crippen LogP contribution in [0.25, 0.3) is 0 Å². The second-order valence-electron chi connectivity index (χ2n) is 5.00. The van der Waals surface area contributed by atoms with Crippen LogP contribution < -0.4 is 15.2 Å². The summed E-state index contributed by atoms with van der Waals surface area (Å²) >= 11 is 0. The molecule has 118 valence electrons. The summed E-state index contributed by atoms with van der Waals surface area (Å²) in [5.74, 6) is 0.622. The van der Waals surface area contributed by atoms with Crippen molar-refractivity contribution in [1.82, 2.24) is 4.72 Å². The minimum atomic E-state index is -3.57. The van der Waals surface area contributed by atoms with Gasteiger partial charge in [-0.2, -0.15) is 0 Å². The van der Waals surface area contributed by atoms with Crippen molar-refractivity contribution >= 4 is 10.0 Å². The number of ether oxygens (including phenoxy) is 2. The fourth-order valence-electron chi connectivity index (χ4n) is 2.38. The van der Waals surface area contributed by atoms with Crippen molar-refractivity contribution in [2.75, 3.05) is 26.8 Å². The highest BCUT2D eigenvalue weighted by atomic mass is 32.2. The number of hydrogen-bond acceptors (Lipinski definition) is 5. The lowest BCUT2D eigenvalue weighted by Crippen LogP contribution is -2.32. The van der Waals surface area contributed by atoms with E-state index in [2.05, 4.69) is 4.72 Å². The van der Waals surface area contributed by atoms with Gasteiger partial charge in [0.2, 0.25) is 10.0 Å². The van der Waals surface area contributed by atoms with Gasteiger partial charge < -0.3 is 15.2 Å². The molecule has 0 spiro atoms. The second kappa shape index (κ2) is 7.22. The fourth-order valence-corrected chi connectivity index (χ4v) is 3.70. The zero-order chi connectivity index (χ0) is 15.3. The lowest BCUT2D eigenvalue weighted by atomic mass is 10.1. The first kappa shape index (κ1) is 16.2. The van der Waals surface area contributed by atoms with Gasteiger partial charge in [0.25, 0.3) is 0 Å². The third kappa shape index (κ3) is 4.16. The molecule has 1 heterocycles. The van der Waals surface area contributed by atoms with Gasteiger partial charge in [-0.25, -0.2) is 13.1 Å². The molecule has 3 N–H and O–H groups in total. The lowest BCUT2D eigenvalue weighted by molar-refractivity contribution is 0.114. The van der Waals surface area contributed by atoms with E-state index in [1.54, 1.807) is 25.3 Å². The van der Waals surface area contributed by atoms with Crippen LogP contribution in [0.5, 0.6) is 5.75 Å². The first-order chi connectivity index (χ1) is 10.1. The van der Waals surface area contributed by atoms with E-state index in [1.165, 1.54) is 0 Å². The minimum Gasteiger partial charge on any atom is -0.497 e. The van der Waals surface area contributed by atoms with Crippen LogP contribution in [0.4, 0.5) is 0 Å². The molecule has 6 nitrogen and oxygen atoms in total. The number of sulfonamides is 1. The molecule has 0 saturated carbocycles. The maximum Gasteiger partial charge on any atom is 0.240 e.